The molecule has 3 heterocycles. The number of morpholine rings is 1. The van der Waals surface area contributed by atoms with Crippen LogP contribution in [-0.4, -0.2) is 82.1 Å². The average molecular weight is 484 g/mol. The van der Waals surface area contributed by atoms with Crippen LogP contribution in [-0.2, 0) is 4.74 Å². The third-order valence-electron chi connectivity index (χ3n) is 6.10. The zero-order valence-corrected chi connectivity index (χ0v) is 21.0. The second-order valence-corrected chi connectivity index (χ2v) is 8.89. The van der Waals surface area contributed by atoms with Gasteiger partial charge in [-0.3, -0.25) is 14.6 Å². The minimum atomic E-state index is -0.433. The molecule has 35 heavy (non-hydrogen) atoms. The topological polar surface area (TPSA) is 82.6 Å². The number of hydrogen-bond acceptors (Lipinski definition) is 8. The van der Waals surface area contributed by atoms with E-state index >= 15 is 0 Å². The molecule has 1 amide bonds. The molecule has 2 aliphatic heterocycles. The van der Waals surface area contributed by atoms with Gasteiger partial charge < -0.3 is 23.7 Å². The molecule has 9 nitrogen and oxygen atoms in total. The number of anilines is 1. The number of carbonyl (C=O) groups is 1. The summed E-state index contributed by atoms with van der Waals surface area (Å²) in [5.41, 5.74) is 0.737. The van der Waals surface area contributed by atoms with Gasteiger partial charge in [-0.25, -0.2) is 0 Å². The molecule has 0 spiro atoms. The van der Waals surface area contributed by atoms with Gasteiger partial charge in [0.15, 0.2) is 5.75 Å². The van der Waals surface area contributed by atoms with Gasteiger partial charge >= 0.3 is 0 Å². The number of methoxy groups -OCH3 is 3. The fourth-order valence-corrected chi connectivity index (χ4v) is 4.22. The number of amides is 1. The monoisotopic (exact) mass is 483 g/mol. The van der Waals surface area contributed by atoms with E-state index < -0.39 is 5.60 Å². The van der Waals surface area contributed by atoms with Crippen LogP contribution in [0.3, 0.4) is 0 Å². The highest BCUT2D eigenvalue weighted by molar-refractivity contribution is 6.08. The Morgan fingerprint density at radius 2 is 1.86 bits per heavy atom. The number of ether oxygens (including phenoxy) is 5. The summed E-state index contributed by atoms with van der Waals surface area (Å²) in [6.07, 6.45) is 3.90. The highest BCUT2D eigenvalue weighted by Gasteiger charge is 2.30. The lowest BCUT2D eigenvalue weighted by Gasteiger charge is -2.31. The Morgan fingerprint density at radius 1 is 1.09 bits per heavy atom. The molecule has 9 heteroatoms. The molecule has 0 bridgehead atoms. The van der Waals surface area contributed by atoms with Gasteiger partial charge in [0.2, 0.25) is 0 Å². The predicted molar refractivity (Wildman–Crippen MR) is 133 cm³/mol. The highest BCUT2D eigenvalue weighted by Crippen LogP contribution is 2.40. The first-order valence-electron chi connectivity index (χ1n) is 11.7. The maximum Gasteiger partial charge on any atom is 0.263 e. The molecule has 4 rings (SSSR count). The Balaban J connectivity index is 1.71. The summed E-state index contributed by atoms with van der Waals surface area (Å²) in [5.74, 6) is 2.19. The Hall–Kier alpha value is -3.30. The molecular formula is C26H33N3O6. The van der Waals surface area contributed by atoms with E-state index in [-0.39, 0.29) is 5.91 Å². The van der Waals surface area contributed by atoms with Crippen molar-refractivity contribution in [2.45, 2.75) is 19.4 Å². The fourth-order valence-electron chi connectivity index (χ4n) is 4.22. The van der Waals surface area contributed by atoms with Gasteiger partial charge in [-0.2, -0.15) is 4.98 Å². The number of benzene rings is 1. The molecule has 1 aromatic heterocycles. The molecule has 1 fully saturated rings. The Kier molecular flexibility index (Phi) is 7.47. The molecule has 1 aromatic carbocycles. The molecule has 2 aromatic rings. The van der Waals surface area contributed by atoms with Crippen LogP contribution in [0.1, 0.15) is 29.8 Å². The first-order chi connectivity index (χ1) is 16.9. The van der Waals surface area contributed by atoms with Gasteiger partial charge in [0, 0.05) is 26.2 Å². The summed E-state index contributed by atoms with van der Waals surface area (Å²) in [7, 11) is 4.64. The lowest BCUT2D eigenvalue weighted by atomic mass is 9.99. The standard InChI is InChI=1S/C26H33N3O6/c1-26(2)11-10-18-20(35-26)7-6-19(23(18)32-4)25(30)29(13-12-28-14-16-34-17-15-28)22-9-8-21(31-3)24(27-22)33-5/h6-11H,12-17H2,1-5H3. The predicted octanol–water partition coefficient (Wildman–Crippen LogP) is 3.27. The van der Waals surface area contributed by atoms with Crippen molar-refractivity contribution in [1.29, 1.82) is 0 Å². The zero-order valence-electron chi connectivity index (χ0n) is 21.0. The van der Waals surface area contributed by atoms with E-state index in [0.717, 1.165) is 18.7 Å². The minimum absolute atomic E-state index is 0.226. The van der Waals surface area contributed by atoms with Gasteiger partial charge in [-0.05, 0) is 50.3 Å². The molecule has 2 aliphatic rings. The number of rotatable bonds is 8. The Bertz CT molecular complexity index is 1090. The van der Waals surface area contributed by atoms with Gasteiger partial charge in [0.1, 0.15) is 22.9 Å². The van der Waals surface area contributed by atoms with E-state index in [1.165, 1.54) is 7.11 Å². The van der Waals surface area contributed by atoms with Gasteiger partial charge in [-0.1, -0.05) is 0 Å². The second kappa shape index (κ2) is 10.5. The number of nitrogens with zero attached hydrogens (tertiary/aromatic N) is 3. The van der Waals surface area contributed by atoms with E-state index in [9.17, 15) is 4.79 Å². The van der Waals surface area contributed by atoms with Crippen molar-refractivity contribution in [3.8, 4) is 23.1 Å². The summed E-state index contributed by atoms with van der Waals surface area (Å²) in [6.45, 7) is 8.08. The summed E-state index contributed by atoms with van der Waals surface area (Å²) >= 11 is 0. The van der Waals surface area contributed by atoms with Crippen LogP contribution in [0.4, 0.5) is 5.82 Å². The first-order valence-corrected chi connectivity index (χ1v) is 11.7. The van der Waals surface area contributed by atoms with E-state index in [4.69, 9.17) is 23.7 Å². The number of fused-ring (bicyclic) bond motifs is 1. The van der Waals surface area contributed by atoms with E-state index in [2.05, 4.69) is 9.88 Å². The molecule has 0 N–H and O–H groups in total. The molecule has 0 aliphatic carbocycles. The van der Waals surface area contributed by atoms with Crippen molar-refractivity contribution in [3.63, 3.8) is 0 Å². The Labute approximate surface area is 206 Å². The van der Waals surface area contributed by atoms with Crippen LogP contribution in [0.25, 0.3) is 6.08 Å². The lowest BCUT2D eigenvalue weighted by molar-refractivity contribution is 0.0390. The van der Waals surface area contributed by atoms with Crippen LogP contribution in [0.2, 0.25) is 0 Å². The van der Waals surface area contributed by atoms with Gasteiger partial charge in [0.25, 0.3) is 11.8 Å². The van der Waals surface area contributed by atoms with Crippen molar-refractivity contribution < 1.29 is 28.5 Å². The maximum atomic E-state index is 14.0. The summed E-state index contributed by atoms with van der Waals surface area (Å²) in [4.78, 5) is 22.5. The molecular weight excluding hydrogens is 450 g/mol. The second-order valence-electron chi connectivity index (χ2n) is 8.89. The summed E-state index contributed by atoms with van der Waals surface area (Å²) < 4.78 is 28.0. The van der Waals surface area contributed by atoms with Crippen LogP contribution >= 0.6 is 0 Å². The van der Waals surface area contributed by atoms with Crippen molar-refractivity contribution in [1.82, 2.24) is 9.88 Å². The molecule has 0 radical (unpaired) electrons. The summed E-state index contributed by atoms with van der Waals surface area (Å²) in [6, 6.07) is 7.07. The van der Waals surface area contributed by atoms with Crippen LogP contribution in [0.5, 0.6) is 23.1 Å². The largest absolute Gasteiger partial charge is 0.495 e. The normalized spacial score (nSPS) is 16.7. The third kappa shape index (κ3) is 5.36. The molecule has 0 saturated carbocycles. The number of pyridine rings is 1. The average Bonchev–Trinajstić information content (AvgIpc) is 2.87. The summed E-state index contributed by atoms with van der Waals surface area (Å²) in [5, 5.41) is 0. The third-order valence-corrected chi connectivity index (χ3v) is 6.10. The van der Waals surface area contributed by atoms with Crippen molar-refractivity contribution in [3.05, 3.63) is 41.5 Å². The Morgan fingerprint density at radius 3 is 2.54 bits per heavy atom. The molecule has 188 valence electrons. The van der Waals surface area contributed by atoms with Crippen molar-refractivity contribution in [2.75, 3.05) is 65.6 Å². The molecule has 0 atom stereocenters. The lowest BCUT2D eigenvalue weighted by Crippen LogP contribution is -2.43. The van der Waals surface area contributed by atoms with Crippen LogP contribution in [0.15, 0.2) is 30.3 Å². The fraction of sp³-hybridized carbons (Fsp3) is 0.462. The molecule has 0 unspecified atom stereocenters. The highest BCUT2D eigenvalue weighted by atomic mass is 16.5. The van der Waals surface area contributed by atoms with Crippen molar-refractivity contribution in [2.24, 2.45) is 0 Å². The number of hydrogen-bond donors (Lipinski definition) is 0. The smallest absolute Gasteiger partial charge is 0.263 e. The van der Waals surface area contributed by atoms with Crippen LogP contribution < -0.4 is 23.8 Å². The van der Waals surface area contributed by atoms with E-state index in [1.807, 2.05) is 32.1 Å². The minimum Gasteiger partial charge on any atom is -0.495 e. The van der Waals surface area contributed by atoms with Gasteiger partial charge in [0.05, 0.1) is 45.7 Å². The van der Waals surface area contributed by atoms with Crippen LogP contribution in [0, 0.1) is 0 Å². The SMILES string of the molecule is COc1ccc(N(CCN2CCOCC2)C(=O)c2ccc3c(c2OC)C=CC(C)(C)O3)nc1OC. The number of aromatic nitrogens is 1. The first kappa shape index (κ1) is 24.8. The van der Waals surface area contributed by atoms with E-state index in [0.29, 0.717) is 60.8 Å². The number of carbonyl (C=O) groups excluding carboxylic acids is 1. The molecule has 1 saturated heterocycles. The van der Waals surface area contributed by atoms with E-state index in [1.54, 1.807) is 37.3 Å². The van der Waals surface area contributed by atoms with Gasteiger partial charge in [-0.15, -0.1) is 0 Å². The maximum absolute atomic E-state index is 14.0. The quantitative estimate of drug-likeness (QED) is 0.566. The zero-order chi connectivity index (χ0) is 25.0. The van der Waals surface area contributed by atoms with Crippen molar-refractivity contribution >= 4 is 17.8 Å².